The molecule has 6 nitrogen and oxygen atoms in total. The number of nitrogens with one attached hydrogen (secondary N) is 1. The average Bonchev–Trinajstić information content (AvgIpc) is 2.26. The van der Waals surface area contributed by atoms with E-state index >= 15 is 0 Å². The summed E-state index contributed by atoms with van der Waals surface area (Å²) in [7, 11) is 1.71. The maximum Gasteiger partial charge on any atom is 0.414 e. The third-order valence-corrected chi connectivity index (χ3v) is 2.01. The molecule has 0 fully saturated rings. The summed E-state index contributed by atoms with van der Waals surface area (Å²) in [6, 6.07) is 0. The van der Waals surface area contributed by atoms with Crippen LogP contribution in [0.4, 0.5) is 10.7 Å². The van der Waals surface area contributed by atoms with Crippen LogP contribution >= 0.6 is 15.9 Å². The van der Waals surface area contributed by atoms with Crippen LogP contribution in [0.2, 0.25) is 0 Å². The number of hydrogen-bond acceptors (Lipinski definition) is 4. The van der Waals surface area contributed by atoms with Gasteiger partial charge in [0.05, 0.1) is 0 Å². The molecular formula is C8H13BrN4O2. The first-order chi connectivity index (χ1) is 6.78. The first-order valence-corrected chi connectivity index (χ1v) is 5.14. The number of carbonyl (C=O) groups is 1. The van der Waals surface area contributed by atoms with Crippen molar-refractivity contribution >= 4 is 28.0 Å². The van der Waals surface area contributed by atoms with Gasteiger partial charge < -0.3 is 4.74 Å². The number of rotatable bonds is 1. The first-order valence-electron chi connectivity index (χ1n) is 4.34. The monoisotopic (exact) mass is 276 g/mol. The van der Waals surface area contributed by atoms with E-state index in [0.29, 0.717) is 4.73 Å². The van der Waals surface area contributed by atoms with Crippen molar-refractivity contribution in [2.45, 2.75) is 26.4 Å². The van der Waals surface area contributed by atoms with Crippen molar-refractivity contribution in [2.24, 2.45) is 7.05 Å². The zero-order valence-corrected chi connectivity index (χ0v) is 10.6. The van der Waals surface area contributed by atoms with Crippen molar-refractivity contribution in [1.82, 2.24) is 14.8 Å². The zero-order valence-electron chi connectivity index (χ0n) is 9.04. The largest absolute Gasteiger partial charge is 0.444 e. The summed E-state index contributed by atoms with van der Waals surface area (Å²) in [5.41, 5.74) is -0.532. The van der Waals surface area contributed by atoms with Crippen LogP contribution in [-0.4, -0.2) is 26.5 Å². The predicted molar refractivity (Wildman–Crippen MR) is 58.6 cm³/mol. The summed E-state index contributed by atoms with van der Waals surface area (Å²) >= 11 is 3.16. The lowest BCUT2D eigenvalue weighted by Crippen LogP contribution is -2.27. The molecule has 84 valence electrons. The number of anilines is 1. The molecule has 0 aromatic carbocycles. The van der Waals surface area contributed by atoms with Gasteiger partial charge in [-0.15, -0.1) is 5.10 Å². The maximum absolute atomic E-state index is 11.3. The molecule has 0 aliphatic heterocycles. The standard InChI is InChI=1S/C8H13BrN4O2/c1-8(2,3)15-7(14)11-6-10-5(9)13(4)12-6/h1-4H3,(H,11,12,14). The average molecular weight is 277 g/mol. The fourth-order valence-electron chi connectivity index (χ4n) is 0.813. The number of aromatic nitrogens is 3. The van der Waals surface area contributed by atoms with Crippen molar-refractivity contribution in [3.63, 3.8) is 0 Å². The molecule has 0 spiro atoms. The molecule has 0 bridgehead atoms. The Balaban J connectivity index is 2.59. The highest BCUT2D eigenvalue weighted by Crippen LogP contribution is 2.11. The van der Waals surface area contributed by atoms with Crippen LogP contribution in [0, 0.1) is 0 Å². The molecule has 0 atom stereocenters. The van der Waals surface area contributed by atoms with E-state index in [0.717, 1.165) is 0 Å². The lowest BCUT2D eigenvalue weighted by molar-refractivity contribution is 0.0634. The zero-order chi connectivity index (χ0) is 11.6. The molecule has 1 amide bonds. The smallest absolute Gasteiger partial charge is 0.414 e. The van der Waals surface area contributed by atoms with E-state index in [1.54, 1.807) is 27.8 Å². The summed E-state index contributed by atoms with van der Waals surface area (Å²) in [4.78, 5) is 15.2. The van der Waals surface area contributed by atoms with Gasteiger partial charge in [-0.1, -0.05) is 0 Å². The van der Waals surface area contributed by atoms with E-state index in [1.807, 2.05) is 0 Å². The number of halogens is 1. The van der Waals surface area contributed by atoms with Gasteiger partial charge >= 0.3 is 6.09 Å². The highest BCUT2D eigenvalue weighted by Gasteiger charge is 2.17. The highest BCUT2D eigenvalue weighted by molar-refractivity contribution is 9.10. The number of hydrogen-bond donors (Lipinski definition) is 1. The van der Waals surface area contributed by atoms with Crippen molar-refractivity contribution in [3.05, 3.63) is 4.73 Å². The molecule has 0 unspecified atom stereocenters. The molecule has 7 heteroatoms. The molecule has 0 saturated heterocycles. The van der Waals surface area contributed by atoms with Gasteiger partial charge in [0.1, 0.15) is 5.60 Å². The van der Waals surface area contributed by atoms with E-state index < -0.39 is 11.7 Å². The van der Waals surface area contributed by atoms with Gasteiger partial charge in [-0.3, -0.25) is 5.32 Å². The Hall–Kier alpha value is -1.11. The van der Waals surface area contributed by atoms with Crippen LogP contribution in [0.3, 0.4) is 0 Å². The second kappa shape index (κ2) is 4.18. The summed E-state index contributed by atoms with van der Waals surface area (Å²) in [5, 5.41) is 6.35. The molecule has 0 aliphatic carbocycles. The van der Waals surface area contributed by atoms with E-state index in [4.69, 9.17) is 4.74 Å². The second-order valence-electron chi connectivity index (χ2n) is 3.95. The van der Waals surface area contributed by atoms with Gasteiger partial charge in [0, 0.05) is 7.05 Å². The molecule has 1 N–H and O–H groups in total. The van der Waals surface area contributed by atoms with Crippen LogP contribution in [0.25, 0.3) is 0 Å². The van der Waals surface area contributed by atoms with Gasteiger partial charge in [0.15, 0.2) is 4.73 Å². The summed E-state index contributed by atoms with van der Waals surface area (Å²) in [5.74, 6) is 0.207. The van der Waals surface area contributed by atoms with Gasteiger partial charge in [0.2, 0.25) is 0 Å². The van der Waals surface area contributed by atoms with Crippen LogP contribution in [0.5, 0.6) is 0 Å². The number of aryl methyl sites for hydroxylation is 1. The second-order valence-corrected chi connectivity index (χ2v) is 4.66. The van der Waals surface area contributed by atoms with E-state index in [1.165, 1.54) is 4.68 Å². The Morgan fingerprint density at radius 2 is 2.13 bits per heavy atom. The van der Waals surface area contributed by atoms with Crippen LogP contribution in [0.1, 0.15) is 20.8 Å². The predicted octanol–water partition coefficient (Wildman–Crippen LogP) is 1.92. The van der Waals surface area contributed by atoms with Crippen LogP contribution in [0.15, 0.2) is 4.73 Å². The van der Waals surface area contributed by atoms with Crippen LogP contribution in [-0.2, 0) is 11.8 Å². The lowest BCUT2D eigenvalue weighted by Gasteiger charge is -2.18. The molecular weight excluding hydrogens is 264 g/mol. The highest BCUT2D eigenvalue weighted by atomic mass is 79.9. The van der Waals surface area contributed by atoms with Gasteiger partial charge in [-0.2, -0.15) is 4.98 Å². The van der Waals surface area contributed by atoms with E-state index in [2.05, 4.69) is 31.3 Å². The lowest BCUT2D eigenvalue weighted by atomic mass is 10.2. The molecule has 0 radical (unpaired) electrons. The fraction of sp³-hybridized carbons (Fsp3) is 0.625. The Kier molecular flexibility index (Phi) is 3.33. The molecule has 1 rings (SSSR count). The Labute approximate surface area is 96.1 Å². The van der Waals surface area contributed by atoms with E-state index in [-0.39, 0.29) is 5.95 Å². The maximum atomic E-state index is 11.3. The Morgan fingerprint density at radius 1 is 1.53 bits per heavy atom. The van der Waals surface area contributed by atoms with Crippen LogP contribution < -0.4 is 5.32 Å². The summed E-state index contributed by atoms with van der Waals surface area (Å²) in [6.07, 6.45) is -0.569. The van der Waals surface area contributed by atoms with Gasteiger partial charge in [0.25, 0.3) is 5.95 Å². The summed E-state index contributed by atoms with van der Waals surface area (Å²) < 4.78 is 7.06. The molecule has 1 aromatic rings. The minimum Gasteiger partial charge on any atom is -0.444 e. The SMILES string of the molecule is Cn1nc(NC(=O)OC(C)(C)C)nc1Br. The van der Waals surface area contributed by atoms with Gasteiger partial charge in [-0.05, 0) is 36.7 Å². The van der Waals surface area contributed by atoms with Crippen molar-refractivity contribution < 1.29 is 9.53 Å². The van der Waals surface area contributed by atoms with Crippen molar-refractivity contribution in [1.29, 1.82) is 0 Å². The topological polar surface area (TPSA) is 69.0 Å². The van der Waals surface area contributed by atoms with Crippen molar-refractivity contribution in [3.8, 4) is 0 Å². The number of amides is 1. The van der Waals surface area contributed by atoms with Crippen molar-refractivity contribution in [2.75, 3.05) is 5.32 Å². The molecule has 0 saturated carbocycles. The summed E-state index contributed by atoms with van der Waals surface area (Å²) in [6.45, 7) is 5.36. The number of nitrogens with zero attached hydrogens (tertiary/aromatic N) is 3. The Morgan fingerprint density at radius 3 is 2.53 bits per heavy atom. The number of carbonyl (C=O) groups excluding carboxylic acids is 1. The third kappa shape index (κ3) is 3.86. The third-order valence-electron chi connectivity index (χ3n) is 1.32. The number of ether oxygens (including phenoxy) is 1. The molecule has 1 aromatic heterocycles. The van der Waals surface area contributed by atoms with Gasteiger partial charge in [-0.25, -0.2) is 9.48 Å². The van der Waals surface area contributed by atoms with E-state index in [9.17, 15) is 4.79 Å². The minimum atomic E-state index is -0.569. The fourth-order valence-corrected chi connectivity index (χ4v) is 1.06. The normalized spacial score (nSPS) is 11.3. The minimum absolute atomic E-state index is 0.207. The first kappa shape index (κ1) is 12.0. The quantitative estimate of drug-likeness (QED) is 0.851. The molecule has 15 heavy (non-hydrogen) atoms. The molecule has 0 aliphatic rings. The molecule has 1 heterocycles. The Bertz CT molecular complexity index is 350.